The number of hydrogen-bond donors (Lipinski definition) is 1. The van der Waals surface area contributed by atoms with E-state index in [2.05, 4.69) is 29.8 Å². The van der Waals surface area contributed by atoms with Gasteiger partial charge in [0.15, 0.2) is 0 Å². The molecule has 102 valence electrons. The van der Waals surface area contributed by atoms with E-state index in [4.69, 9.17) is 0 Å². The molecule has 0 fully saturated rings. The molecule has 0 saturated carbocycles. The Labute approximate surface area is 118 Å². The van der Waals surface area contributed by atoms with Crippen LogP contribution in [0.15, 0.2) is 41.8 Å². The number of nitrogens with one attached hydrogen (secondary N) is 1. The van der Waals surface area contributed by atoms with E-state index < -0.39 is 0 Å². The minimum absolute atomic E-state index is 0.147. The van der Waals surface area contributed by atoms with Crippen LogP contribution in [0.1, 0.15) is 23.8 Å². The van der Waals surface area contributed by atoms with Crippen molar-refractivity contribution in [2.45, 2.75) is 32.2 Å². The van der Waals surface area contributed by atoms with E-state index in [1.54, 1.807) is 23.5 Å². The van der Waals surface area contributed by atoms with Crippen LogP contribution >= 0.6 is 11.3 Å². The number of aryl methyl sites for hydroxylation is 1. The van der Waals surface area contributed by atoms with Gasteiger partial charge in [0.2, 0.25) is 0 Å². The molecular formula is C16H20FNS. The van der Waals surface area contributed by atoms with Crippen LogP contribution in [0.5, 0.6) is 0 Å². The Morgan fingerprint density at radius 1 is 1.26 bits per heavy atom. The Morgan fingerprint density at radius 3 is 2.84 bits per heavy atom. The molecule has 1 aromatic carbocycles. The predicted molar refractivity (Wildman–Crippen MR) is 80.2 cm³/mol. The van der Waals surface area contributed by atoms with E-state index in [9.17, 15) is 4.39 Å². The maximum absolute atomic E-state index is 13.2. The lowest BCUT2D eigenvalue weighted by Gasteiger charge is -2.17. The van der Waals surface area contributed by atoms with Gasteiger partial charge >= 0.3 is 0 Å². The maximum atomic E-state index is 13.2. The van der Waals surface area contributed by atoms with Gasteiger partial charge in [0.1, 0.15) is 5.82 Å². The molecule has 1 nitrogen and oxygen atoms in total. The van der Waals surface area contributed by atoms with Crippen molar-refractivity contribution >= 4 is 11.3 Å². The second kappa shape index (κ2) is 7.41. The molecule has 19 heavy (non-hydrogen) atoms. The average molecular weight is 277 g/mol. The number of hydrogen-bond acceptors (Lipinski definition) is 2. The Kier molecular flexibility index (Phi) is 5.55. The number of likely N-dealkylation sites (N-methyl/N-ethyl adjacent to an activating group) is 1. The molecule has 0 aliphatic heterocycles. The lowest BCUT2D eigenvalue weighted by Crippen LogP contribution is -2.31. The summed E-state index contributed by atoms with van der Waals surface area (Å²) < 4.78 is 13.2. The van der Waals surface area contributed by atoms with Crippen molar-refractivity contribution in [1.82, 2.24) is 5.32 Å². The topological polar surface area (TPSA) is 12.0 Å². The van der Waals surface area contributed by atoms with Crippen LogP contribution in [0.2, 0.25) is 0 Å². The van der Waals surface area contributed by atoms with Gasteiger partial charge in [0, 0.05) is 10.9 Å². The standard InChI is InChI=1S/C16H20FNS/c1-2-18-15(8-9-16-7-4-10-19-16)12-13-5-3-6-14(17)11-13/h3-7,10-11,15,18H,2,8-9,12H2,1H3. The van der Waals surface area contributed by atoms with Crippen LogP contribution in [-0.4, -0.2) is 12.6 Å². The first-order chi connectivity index (χ1) is 9.28. The molecule has 1 aromatic heterocycles. The van der Waals surface area contributed by atoms with Crippen molar-refractivity contribution in [3.8, 4) is 0 Å². The van der Waals surface area contributed by atoms with Crippen molar-refractivity contribution in [3.63, 3.8) is 0 Å². The van der Waals surface area contributed by atoms with Crippen LogP contribution in [0.25, 0.3) is 0 Å². The van der Waals surface area contributed by atoms with Crippen molar-refractivity contribution < 1.29 is 4.39 Å². The van der Waals surface area contributed by atoms with E-state index in [1.807, 2.05) is 6.07 Å². The maximum Gasteiger partial charge on any atom is 0.123 e. The second-order valence-electron chi connectivity index (χ2n) is 4.71. The fourth-order valence-corrected chi connectivity index (χ4v) is 3.01. The van der Waals surface area contributed by atoms with Gasteiger partial charge in [0.25, 0.3) is 0 Å². The monoisotopic (exact) mass is 277 g/mol. The molecule has 2 aromatic rings. The summed E-state index contributed by atoms with van der Waals surface area (Å²) in [6, 6.07) is 11.6. The second-order valence-corrected chi connectivity index (χ2v) is 5.74. The molecule has 1 N–H and O–H groups in total. The molecule has 0 spiro atoms. The van der Waals surface area contributed by atoms with Gasteiger partial charge in [0.05, 0.1) is 0 Å². The van der Waals surface area contributed by atoms with E-state index in [1.165, 1.54) is 10.9 Å². The molecular weight excluding hydrogens is 257 g/mol. The van der Waals surface area contributed by atoms with Crippen molar-refractivity contribution in [2.75, 3.05) is 6.54 Å². The molecule has 1 atom stereocenters. The highest BCUT2D eigenvalue weighted by Gasteiger charge is 2.09. The highest BCUT2D eigenvalue weighted by atomic mass is 32.1. The number of thiophene rings is 1. The first-order valence-corrected chi connectivity index (χ1v) is 7.66. The number of halogens is 1. The van der Waals surface area contributed by atoms with Crippen LogP contribution in [0, 0.1) is 5.82 Å². The zero-order valence-corrected chi connectivity index (χ0v) is 12.0. The third-order valence-corrected chi connectivity index (χ3v) is 4.12. The Bertz CT molecular complexity index is 481. The summed E-state index contributed by atoms with van der Waals surface area (Å²) in [5.41, 5.74) is 1.07. The SMILES string of the molecule is CCNC(CCc1cccs1)Cc1cccc(F)c1. The molecule has 1 unspecified atom stereocenters. The van der Waals surface area contributed by atoms with Crippen LogP contribution in [0.4, 0.5) is 4.39 Å². The average Bonchev–Trinajstić information content (AvgIpc) is 2.89. The highest BCUT2D eigenvalue weighted by molar-refractivity contribution is 7.09. The highest BCUT2D eigenvalue weighted by Crippen LogP contribution is 2.14. The van der Waals surface area contributed by atoms with E-state index >= 15 is 0 Å². The molecule has 2 rings (SSSR count). The van der Waals surface area contributed by atoms with Crippen molar-refractivity contribution in [3.05, 3.63) is 58.0 Å². The number of benzene rings is 1. The van der Waals surface area contributed by atoms with Crippen molar-refractivity contribution in [2.24, 2.45) is 0 Å². The van der Waals surface area contributed by atoms with E-state index in [-0.39, 0.29) is 5.82 Å². The first-order valence-electron chi connectivity index (χ1n) is 6.78. The number of rotatable bonds is 7. The minimum Gasteiger partial charge on any atom is -0.314 e. The molecule has 1 heterocycles. The van der Waals surface area contributed by atoms with Gasteiger partial charge in [-0.1, -0.05) is 25.1 Å². The summed E-state index contributed by atoms with van der Waals surface area (Å²) in [5, 5.41) is 5.61. The predicted octanol–water partition coefficient (Wildman–Crippen LogP) is 4.04. The summed E-state index contributed by atoms with van der Waals surface area (Å²) in [7, 11) is 0. The Balaban J connectivity index is 1.91. The Hall–Kier alpha value is -1.19. The van der Waals surface area contributed by atoms with Gasteiger partial charge in [-0.25, -0.2) is 4.39 Å². The molecule has 0 aliphatic rings. The molecule has 0 radical (unpaired) electrons. The summed E-state index contributed by atoms with van der Waals surface area (Å²) in [5.74, 6) is -0.147. The lowest BCUT2D eigenvalue weighted by atomic mass is 10.0. The van der Waals surface area contributed by atoms with E-state index in [0.29, 0.717) is 6.04 Å². The van der Waals surface area contributed by atoms with Crippen LogP contribution in [-0.2, 0) is 12.8 Å². The van der Waals surface area contributed by atoms with Crippen molar-refractivity contribution in [1.29, 1.82) is 0 Å². The zero-order chi connectivity index (χ0) is 13.5. The lowest BCUT2D eigenvalue weighted by molar-refractivity contribution is 0.491. The van der Waals surface area contributed by atoms with Gasteiger partial charge in [-0.2, -0.15) is 0 Å². The molecule has 3 heteroatoms. The third-order valence-electron chi connectivity index (χ3n) is 3.18. The quantitative estimate of drug-likeness (QED) is 0.805. The van der Waals surface area contributed by atoms with E-state index in [0.717, 1.165) is 31.4 Å². The molecule has 0 saturated heterocycles. The normalized spacial score (nSPS) is 12.5. The summed E-state index contributed by atoms with van der Waals surface area (Å²) in [6.45, 7) is 3.06. The minimum atomic E-state index is -0.147. The summed E-state index contributed by atoms with van der Waals surface area (Å²) in [4.78, 5) is 1.42. The molecule has 0 bridgehead atoms. The van der Waals surface area contributed by atoms with Gasteiger partial charge in [-0.05, 0) is 54.9 Å². The van der Waals surface area contributed by atoms with Gasteiger partial charge < -0.3 is 5.32 Å². The fraction of sp³-hybridized carbons (Fsp3) is 0.375. The first kappa shape index (κ1) is 14.2. The smallest absolute Gasteiger partial charge is 0.123 e. The van der Waals surface area contributed by atoms with Gasteiger partial charge in [-0.15, -0.1) is 11.3 Å². The molecule has 0 amide bonds. The van der Waals surface area contributed by atoms with Gasteiger partial charge in [-0.3, -0.25) is 0 Å². The summed E-state index contributed by atoms with van der Waals surface area (Å²) in [6.07, 6.45) is 3.06. The van der Waals surface area contributed by atoms with Crippen LogP contribution < -0.4 is 5.32 Å². The zero-order valence-electron chi connectivity index (χ0n) is 11.2. The Morgan fingerprint density at radius 2 is 2.16 bits per heavy atom. The third kappa shape index (κ3) is 4.77. The molecule has 0 aliphatic carbocycles. The van der Waals surface area contributed by atoms with Crippen LogP contribution in [0.3, 0.4) is 0 Å². The summed E-state index contributed by atoms with van der Waals surface area (Å²) >= 11 is 1.80. The largest absolute Gasteiger partial charge is 0.314 e. The fourth-order valence-electron chi connectivity index (χ4n) is 2.28.